The molecule has 3 aromatic rings. The molecule has 1 aliphatic rings. The zero-order valence-corrected chi connectivity index (χ0v) is 14.7. The van der Waals surface area contributed by atoms with E-state index in [1.807, 2.05) is 16.7 Å². The lowest BCUT2D eigenvalue weighted by molar-refractivity contribution is 0.174. The van der Waals surface area contributed by atoms with E-state index in [4.69, 9.17) is 15.2 Å². The molecule has 0 saturated carbocycles. The second kappa shape index (κ2) is 6.11. The number of aliphatic hydroxyl groups is 1. The molecule has 0 amide bonds. The van der Waals surface area contributed by atoms with Crippen LogP contribution in [0.25, 0.3) is 11.2 Å². The Hall–Kier alpha value is -2.04. The Labute approximate surface area is 149 Å². The highest BCUT2D eigenvalue weighted by Crippen LogP contribution is 2.43. The van der Waals surface area contributed by atoms with Gasteiger partial charge in [0.1, 0.15) is 6.33 Å². The van der Waals surface area contributed by atoms with E-state index in [1.54, 1.807) is 0 Å². The number of hydrogen-bond donors (Lipinski definition) is 2. The van der Waals surface area contributed by atoms with Gasteiger partial charge in [-0.1, -0.05) is 11.8 Å². The van der Waals surface area contributed by atoms with E-state index in [0.717, 1.165) is 9.37 Å². The Balaban J connectivity index is 1.80. The second-order valence-electron chi connectivity index (χ2n) is 4.94. The zero-order valence-electron chi connectivity index (χ0n) is 12.3. The standard InChI is InChI=1S/C14H12BrN5O3S/c15-7-3-8-9(23-6-22-8)4-10(7)24-14-19-11-12(16)17-5-18-13(11)20(14)1-2-21/h3-5,21H,1-2,6H2,(H2,16,17,18). The van der Waals surface area contributed by atoms with Gasteiger partial charge in [-0.2, -0.15) is 0 Å². The summed E-state index contributed by atoms with van der Waals surface area (Å²) in [5, 5.41) is 10.0. The summed E-state index contributed by atoms with van der Waals surface area (Å²) >= 11 is 4.95. The van der Waals surface area contributed by atoms with Crippen LogP contribution in [0, 0.1) is 0 Å². The Morgan fingerprint density at radius 1 is 1.29 bits per heavy atom. The number of hydrogen-bond acceptors (Lipinski definition) is 8. The summed E-state index contributed by atoms with van der Waals surface area (Å²) in [5.74, 6) is 1.69. The molecule has 3 N–H and O–H groups in total. The van der Waals surface area contributed by atoms with E-state index >= 15 is 0 Å². The van der Waals surface area contributed by atoms with Crippen LogP contribution in [0.15, 0.2) is 33.0 Å². The highest BCUT2D eigenvalue weighted by molar-refractivity contribution is 9.10. The minimum absolute atomic E-state index is 0.0365. The predicted molar refractivity (Wildman–Crippen MR) is 91.2 cm³/mol. The van der Waals surface area contributed by atoms with Crippen LogP contribution >= 0.6 is 27.7 Å². The van der Waals surface area contributed by atoms with Crippen molar-refractivity contribution in [3.05, 3.63) is 22.9 Å². The zero-order chi connectivity index (χ0) is 16.7. The second-order valence-corrected chi connectivity index (χ2v) is 6.80. The first-order chi connectivity index (χ1) is 11.7. The molecule has 0 radical (unpaired) electrons. The number of aromatic nitrogens is 4. The smallest absolute Gasteiger partial charge is 0.231 e. The van der Waals surface area contributed by atoms with Crippen LogP contribution in [0.5, 0.6) is 11.5 Å². The lowest BCUT2D eigenvalue weighted by atomic mass is 10.3. The number of nitrogens with two attached hydrogens (primary N) is 1. The number of aliphatic hydroxyl groups excluding tert-OH is 1. The Kier molecular flexibility index (Phi) is 3.94. The van der Waals surface area contributed by atoms with Crippen molar-refractivity contribution < 1.29 is 14.6 Å². The largest absolute Gasteiger partial charge is 0.454 e. The highest BCUT2D eigenvalue weighted by Gasteiger charge is 2.20. The third-order valence-corrected chi connectivity index (χ3v) is 5.45. The maximum Gasteiger partial charge on any atom is 0.231 e. The maximum atomic E-state index is 9.36. The molecular formula is C14H12BrN5O3S. The summed E-state index contributed by atoms with van der Waals surface area (Å²) in [6.45, 7) is 0.535. The van der Waals surface area contributed by atoms with Gasteiger partial charge in [0.05, 0.1) is 6.61 Å². The molecule has 0 spiro atoms. The minimum Gasteiger partial charge on any atom is -0.454 e. The van der Waals surface area contributed by atoms with Crippen LogP contribution in [0.3, 0.4) is 0 Å². The van der Waals surface area contributed by atoms with E-state index in [2.05, 4.69) is 30.9 Å². The van der Waals surface area contributed by atoms with Crippen molar-refractivity contribution in [2.75, 3.05) is 19.1 Å². The third kappa shape index (κ3) is 2.56. The van der Waals surface area contributed by atoms with Crippen LogP contribution in [0.1, 0.15) is 0 Å². The average molecular weight is 410 g/mol. The van der Waals surface area contributed by atoms with E-state index in [-0.39, 0.29) is 13.4 Å². The first kappa shape index (κ1) is 15.5. The minimum atomic E-state index is -0.0365. The molecule has 0 bridgehead atoms. The number of anilines is 1. The van der Waals surface area contributed by atoms with Crippen molar-refractivity contribution in [3.63, 3.8) is 0 Å². The van der Waals surface area contributed by atoms with Crippen LogP contribution < -0.4 is 15.2 Å². The number of imidazole rings is 1. The molecule has 0 atom stereocenters. The van der Waals surface area contributed by atoms with Gasteiger partial charge in [0.25, 0.3) is 0 Å². The topological polar surface area (TPSA) is 108 Å². The van der Waals surface area contributed by atoms with Crippen LogP contribution in [-0.4, -0.2) is 38.0 Å². The van der Waals surface area contributed by atoms with Gasteiger partial charge in [-0.15, -0.1) is 0 Å². The maximum absolute atomic E-state index is 9.36. The molecule has 124 valence electrons. The lowest BCUT2D eigenvalue weighted by Crippen LogP contribution is -2.04. The van der Waals surface area contributed by atoms with Crippen LogP contribution in [0.2, 0.25) is 0 Å². The van der Waals surface area contributed by atoms with E-state index in [1.165, 1.54) is 18.1 Å². The summed E-state index contributed by atoms with van der Waals surface area (Å²) < 4.78 is 13.5. The Morgan fingerprint density at radius 3 is 2.88 bits per heavy atom. The van der Waals surface area contributed by atoms with Crippen molar-refractivity contribution in [2.24, 2.45) is 0 Å². The number of halogens is 1. The molecule has 0 aliphatic carbocycles. The molecule has 8 nitrogen and oxygen atoms in total. The van der Waals surface area contributed by atoms with Gasteiger partial charge in [0.15, 0.2) is 33.6 Å². The van der Waals surface area contributed by atoms with Gasteiger partial charge < -0.3 is 24.9 Å². The lowest BCUT2D eigenvalue weighted by Gasteiger charge is -2.08. The number of nitrogens with zero attached hydrogens (tertiary/aromatic N) is 4. The Bertz CT molecular complexity index is 932. The number of fused-ring (bicyclic) bond motifs is 2. The van der Waals surface area contributed by atoms with Crippen LogP contribution in [-0.2, 0) is 6.54 Å². The fourth-order valence-corrected chi connectivity index (χ4v) is 3.90. The molecule has 24 heavy (non-hydrogen) atoms. The van der Waals surface area contributed by atoms with E-state index < -0.39 is 0 Å². The molecule has 4 rings (SSSR count). The molecule has 1 aliphatic heterocycles. The molecule has 10 heteroatoms. The van der Waals surface area contributed by atoms with Crippen molar-refractivity contribution in [2.45, 2.75) is 16.6 Å². The third-order valence-electron chi connectivity index (χ3n) is 3.48. The average Bonchev–Trinajstić information content (AvgIpc) is 3.14. The fraction of sp³-hybridized carbons (Fsp3) is 0.214. The van der Waals surface area contributed by atoms with E-state index in [9.17, 15) is 5.11 Å². The summed E-state index contributed by atoms with van der Waals surface area (Å²) in [6, 6.07) is 3.74. The van der Waals surface area contributed by atoms with Crippen molar-refractivity contribution in [3.8, 4) is 11.5 Å². The first-order valence-electron chi connectivity index (χ1n) is 7.02. The summed E-state index contributed by atoms with van der Waals surface area (Å²) in [7, 11) is 0. The number of nitrogen functional groups attached to an aromatic ring is 1. The number of benzene rings is 1. The molecule has 0 saturated heterocycles. The van der Waals surface area contributed by atoms with Crippen molar-refractivity contribution in [1.29, 1.82) is 0 Å². The summed E-state index contributed by atoms with van der Waals surface area (Å²) in [4.78, 5) is 13.6. The molecular weight excluding hydrogens is 398 g/mol. The predicted octanol–water partition coefficient (Wildman–Crippen LogP) is 2.04. The van der Waals surface area contributed by atoms with Crippen molar-refractivity contribution >= 4 is 44.7 Å². The monoisotopic (exact) mass is 409 g/mol. The molecule has 0 fully saturated rings. The van der Waals surface area contributed by atoms with Gasteiger partial charge in [-0.3, -0.25) is 0 Å². The number of ether oxygens (including phenoxy) is 2. The fourth-order valence-electron chi connectivity index (χ4n) is 2.39. The van der Waals surface area contributed by atoms with Crippen molar-refractivity contribution in [1.82, 2.24) is 19.5 Å². The van der Waals surface area contributed by atoms with Gasteiger partial charge in [-0.25, -0.2) is 15.0 Å². The quantitative estimate of drug-likeness (QED) is 0.673. The molecule has 0 unspecified atom stereocenters. The van der Waals surface area contributed by atoms with Crippen LogP contribution in [0.4, 0.5) is 5.82 Å². The SMILES string of the molecule is Nc1ncnc2c1nc(Sc1cc3c(cc1Br)OCO3)n2CCO. The van der Waals surface area contributed by atoms with E-state index in [0.29, 0.717) is 40.2 Å². The van der Waals surface area contributed by atoms with Gasteiger partial charge in [-0.05, 0) is 28.1 Å². The normalized spacial score (nSPS) is 12.9. The van der Waals surface area contributed by atoms with Gasteiger partial charge in [0, 0.05) is 15.9 Å². The molecule has 3 heterocycles. The molecule has 2 aromatic heterocycles. The van der Waals surface area contributed by atoms with Gasteiger partial charge in [0.2, 0.25) is 6.79 Å². The Morgan fingerprint density at radius 2 is 2.08 bits per heavy atom. The molecule has 1 aromatic carbocycles. The first-order valence-corrected chi connectivity index (χ1v) is 8.63. The number of rotatable bonds is 4. The van der Waals surface area contributed by atoms with Gasteiger partial charge >= 0.3 is 0 Å². The summed E-state index contributed by atoms with van der Waals surface area (Å²) in [5.41, 5.74) is 7.00. The highest BCUT2D eigenvalue weighted by atomic mass is 79.9. The summed E-state index contributed by atoms with van der Waals surface area (Å²) in [6.07, 6.45) is 1.39.